The van der Waals surface area contributed by atoms with Gasteiger partial charge in [-0.25, -0.2) is 0 Å². The summed E-state index contributed by atoms with van der Waals surface area (Å²) in [7, 11) is 0. The average Bonchev–Trinajstić information content (AvgIpc) is 2.16. The third-order valence-corrected chi connectivity index (χ3v) is 2.70. The number of rotatable bonds is 1. The number of hydrogen-bond donors (Lipinski definition) is 0. The number of benzene rings is 1. The zero-order chi connectivity index (χ0) is 15.0. The number of amides is 1. The molecule has 1 rings (SSSR count). The number of hydrogen-bond acceptors (Lipinski definition) is 2. The minimum Gasteiger partial charge on any atom is -0.530 e. The Balaban J connectivity index is 3.39. The smallest absolute Gasteiger partial charge is 0.417 e. The summed E-state index contributed by atoms with van der Waals surface area (Å²) in [4.78, 5) is 11.8. The minimum atomic E-state index is -4.65. The van der Waals surface area contributed by atoms with Gasteiger partial charge in [0.2, 0.25) is 0 Å². The third kappa shape index (κ3) is 3.53. The highest BCUT2D eigenvalue weighted by Gasteiger charge is 2.34. The van der Waals surface area contributed by atoms with Gasteiger partial charge in [0.1, 0.15) is 6.09 Å². The van der Waals surface area contributed by atoms with Crippen molar-refractivity contribution in [3.63, 3.8) is 0 Å². The molecule has 0 unspecified atom stereocenters. The van der Waals surface area contributed by atoms with Gasteiger partial charge in [-0.05, 0) is 39.0 Å². The quantitative estimate of drug-likeness (QED) is 0.797. The van der Waals surface area contributed by atoms with Crippen molar-refractivity contribution < 1.29 is 23.1 Å². The lowest BCUT2D eigenvalue weighted by atomic mass is 10.0. The van der Waals surface area contributed by atoms with E-state index in [1.807, 2.05) is 0 Å². The minimum absolute atomic E-state index is 0.135. The van der Waals surface area contributed by atoms with E-state index in [0.717, 1.165) is 11.0 Å². The summed E-state index contributed by atoms with van der Waals surface area (Å²) in [5.74, 6) is 0. The SMILES string of the molecule is CC(C)(C)N(C(=O)[O-])c1ccc(Cl)c(C(F)(F)F)c1. The molecule has 0 fully saturated rings. The van der Waals surface area contributed by atoms with E-state index >= 15 is 0 Å². The second-order valence-corrected chi connectivity index (χ2v) is 5.34. The molecule has 7 heteroatoms. The molecule has 0 bridgehead atoms. The van der Waals surface area contributed by atoms with Gasteiger partial charge in [0.15, 0.2) is 0 Å². The average molecular weight is 295 g/mol. The van der Waals surface area contributed by atoms with Crippen LogP contribution in [0.15, 0.2) is 18.2 Å². The van der Waals surface area contributed by atoms with Gasteiger partial charge in [-0.2, -0.15) is 13.2 Å². The molecular formula is C12H12ClF3NO2-. The fraction of sp³-hybridized carbons (Fsp3) is 0.417. The van der Waals surface area contributed by atoms with Crippen molar-refractivity contribution in [1.29, 1.82) is 0 Å². The van der Waals surface area contributed by atoms with E-state index in [9.17, 15) is 23.1 Å². The first-order valence-corrected chi connectivity index (χ1v) is 5.70. The lowest BCUT2D eigenvalue weighted by molar-refractivity contribution is -0.247. The predicted molar refractivity (Wildman–Crippen MR) is 64.1 cm³/mol. The molecule has 0 saturated carbocycles. The standard InChI is InChI=1S/C12H13ClF3NO2/c1-11(2,3)17(10(18)19)7-4-5-9(13)8(6-7)12(14,15)16/h4-6H,1-3H3,(H,18,19)/p-1. The van der Waals surface area contributed by atoms with E-state index < -0.39 is 28.4 Å². The van der Waals surface area contributed by atoms with Crippen molar-refractivity contribution in [1.82, 2.24) is 0 Å². The van der Waals surface area contributed by atoms with Crippen molar-refractivity contribution in [3.8, 4) is 0 Å². The van der Waals surface area contributed by atoms with Crippen molar-refractivity contribution in [3.05, 3.63) is 28.8 Å². The Labute approximate surface area is 113 Å². The van der Waals surface area contributed by atoms with Crippen molar-refractivity contribution in [2.75, 3.05) is 4.90 Å². The molecule has 3 nitrogen and oxygen atoms in total. The monoisotopic (exact) mass is 294 g/mol. The van der Waals surface area contributed by atoms with Crippen LogP contribution in [-0.2, 0) is 6.18 Å². The van der Waals surface area contributed by atoms with Crippen LogP contribution in [0.2, 0.25) is 5.02 Å². The Kier molecular flexibility index (Phi) is 4.05. The molecule has 0 aliphatic rings. The van der Waals surface area contributed by atoms with Crippen LogP contribution in [0.4, 0.5) is 23.7 Å². The largest absolute Gasteiger partial charge is 0.530 e. The first-order valence-electron chi connectivity index (χ1n) is 5.32. The predicted octanol–water partition coefficient (Wildman–Crippen LogP) is 3.31. The van der Waals surface area contributed by atoms with Crippen LogP contribution in [0.1, 0.15) is 26.3 Å². The van der Waals surface area contributed by atoms with Crippen LogP contribution in [0, 0.1) is 0 Å². The Bertz CT molecular complexity index is 495. The van der Waals surface area contributed by atoms with Gasteiger partial charge < -0.3 is 14.8 Å². The Hall–Kier alpha value is -1.43. The van der Waals surface area contributed by atoms with Crippen LogP contribution in [-0.4, -0.2) is 11.6 Å². The van der Waals surface area contributed by atoms with Gasteiger partial charge in [0.05, 0.1) is 10.6 Å². The topological polar surface area (TPSA) is 43.4 Å². The molecule has 0 aliphatic carbocycles. The second-order valence-electron chi connectivity index (χ2n) is 4.93. The number of nitrogens with zero attached hydrogens (tertiary/aromatic N) is 1. The summed E-state index contributed by atoms with van der Waals surface area (Å²) in [6, 6.07) is 2.92. The molecule has 0 aromatic heterocycles. The second kappa shape index (κ2) is 4.92. The van der Waals surface area contributed by atoms with E-state index in [1.165, 1.54) is 6.07 Å². The van der Waals surface area contributed by atoms with Gasteiger partial charge in [-0.15, -0.1) is 0 Å². The summed E-state index contributed by atoms with van der Waals surface area (Å²) >= 11 is 5.48. The number of halogens is 4. The molecule has 0 radical (unpaired) electrons. The van der Waals surface area contributed by atoms with Gasteiger partial charge in [0.25, 0.3) is 0 Å². The first kappa shape index (κ1) is 15.6. The number of alkyl halides is 3. The van der Waals surface area contributed by atoms with Crippen molar-refractivity contribution >= 4 is 23.4 Å². The number of carbonyl (C=O) groups excluding carboxylic acids is 1. The normalized spacial score (nSPS) is 12.4. The van der Waals surface area contributed by atoms with E-state index in [4.69, 9.17) is 11.6 Å². The Morgan fingerprint density at radius 1 is 1.26 bits per heavy atom. The molecule has 1 aromatic carbocycles. The van der Waals surface area contributed by atoms with Gasteiger partial charge in [0, 0.05) is 11.2 Å². The highest BCUT2D eigenvalue weighted by atomic mass is 35.5. The summed E-state index contributed by atoms with van der Waals surface area (Å²) in [5, 5.41) is 10.6. The van der Waals surface area contributed by atoms with E-state index in [1.54, 1.807) is 20.8 Å². The maximum Gasteiger partial charge on any atom is 0.417 e. The van der Waals surface area contributed by atoms with E-state index in [2.05, 4.69) is 0 Å². The highest BCUT2D eigenvalue weighted by molar-refractivity contribution is 6.31. The van der Waals surface area contributed by atoms with E-state index in [-0.39, 0.29) is 5.69 Å². The number of anilines is 1. The molecule has 19 heavy (non-hydrogen) atoms. The molecule has 0 heterocycles. The number of carbonyl (C=O) groups is 1. The van der Waals surface area contributed by atoms with Gasteiger partial charge in [-0.1, -0.05) is 11.6 Å². The molecule has 0 spiro atoms. The summed E-state index contributed by atoms with van der Waals surface area (Å²) in [6.07, 6.45) is -6.23. The lowest BCUT2D eigenvalue weighted by Crippen LogP contribution is -2.52. The van der Waals surface area contributed by atoms with E-state index in [0.29, 0.717) is 6.07 Å². The molecule has 106 valence electrons. The summed E-state index contributed by atoms with van der Waals surface area (Å²) < 4.78 is 38.2. The zero-order valence-electron chi connectivity index (χ0n) is 10.5. The third-order valence-electron chi connectivity index (χ3n) is 2.37. The van der Waals surface area contributed by atoms with Crippen LogP contribution in [0.3, 0.4) is 0 Å². The van der Waals surface area contributed by atoms with Crippen LogP contribution in [0.25, 0.3) is 0 Å². The first-order chi connectivity index (χ1) is 8.44. The molecule has 0 saturated heterocycles. The van der Waals surface area contributed by atoms with Gasteiger partial charge in [-0.3, -0.25) is 0 Å². The molecule has 0 atom stereocenters. The van der Waals surface area contributed by atoms with Crippen LogP contribution in [0.5, 0.6) is 0 Å². The van der Waals surface area contributed by atoms with Crippen LogP contribution >= 0.6 is 11.6 Å². The summed E-state index contributed by atoms with van der Waals surface area (Å²) in [5.41, 5.74) is -2.15. The maximum atomic E-state index is 12.7. The van der Waals surface area contributed by atoms with Crippen LogP contribution < -0.4 is 10.0 Å². The molecule has 1 amide bonds. The molecular weight excluding hydrogens is 283 g/mol. The molecule has 1 aromatic rings. The lowest BCUT2D eigenvalue weighted by Gasteiger charge is -2.38. The Morgan fingerprint density at radius 3 is 2.16 bits per heavy atom. The maximum absolute atomic E-state index is 12.7. The van der Waals surface area contributed by atoms with Gasteiger partial charge >= 0.3 is 6.18 Å². The zero-order valence-corrected chi connectivity index (χ0v) is 11.3. The number of carboxylic acid groups (broad SMARTS) is 1. The van der Waals surface area contributed by atoms with Crippen molar-refractivity contribution in [2.45, 2.75) is 32.5 Å². The fourth-order valence-electron chi connectivity index (χ4n) is 1.64. The molecule has 0 N–H and O–H groups in total. The Morgan fingerprint density at radius 2 is 1.79 bits per heavy atom. The fourth-order valence-corrected chi connectivity index (χ4v) is 1.86. The highest BCUT2D eigenvalue weighted by Crippen LogP contribution is 2.37. The van der Waals surface area contributed by atoms with Crippen molar-refractivity contribution in [2.24, 2.45) is 0 Å². The summed E-state index contributed by atoms with van der Waals surface area (Å²) in [6.45, 7) is 4.64. The molecule has 0 aliphatic heterocycles.